The molecule has 2 unspecified atom stereocenters. The predicted octanol–water partition coefficient (Wildman–Crippen LogP) is 5.56. The number of allylic oxidation sites excluding steroid dienone is 8. The van der Waals surface area contributed by atoms with E-state index < -0.39 is 20.8 Å². The summed E-state index contributed by atoms with van der Waals surface area (Å²) in [6, 6.07) is 17.9. The molecule has 0 N–H and O–H groups in total. The minimum absolute atomic E-state index is 0. The first-order chi connectivity index (χ1) is 15.3. The van der Waals surface area contributed by atoms with Crippen molar-refractivity contribution in [2.24, 2.45) is 11.8 Å². The third-order valence-electron chi connectivity index (χ3n) is 6.63. The van der Waals surface area contributed by atoms with Gasteiger partial charge in [0.1, 0.15) is 0 Å². The molecule has 0 fully saturated rings. The summed E-state index contributed by atoms with van der Waals surface area (Å²) in [5, 5.41) is 5.75. The molecular weight excluding hydrogens is 522 g/mol. The van der Waals surface area contributed by atoms with Gasteiger partial charge in [0.2, 0.25) is 0 Å². The summed E-state index contributed by atoms with van der Waals surface area (Å²) in [4.78, 5) is 0. The van der Waals surface area contributed by atoms with Crippen molar-refractivity contribution >= 4 is 39.3 Å². The topological polar surface area (TPSA) is 0 Å². The van der Waals surface area contributed by atoms with Crippen LogP contribution in [0, 0.1) is 26.7 Å². The number of halogens is 2. The summed E-state index contributed by atoms with van der Waals surface area (Å²) in [5.41, 5.74) is 6.11. The Kier molecular flexibility index (Phi) is 9.17. The van der Waals surface area contributed by atoms with E-state index in [0.29, 0.717) is 11.8 Å². The summed E-state index contributed by atoms with van der Waals surface area (Å²) in [6.07, 6.45) is 20.4. The molecule has 0 saturated carbocycles. The van der Waals surface area contributed by atoms with Crippen molar-refractivity contribution in [1.29, 1.82) is 0 Å². The zero-order valence-electron chi connectivity index (χ0n) is 19.1. The number of rotatable bonds is 3. The van der Waals surface area contributed by atoms with E-state index in [1.54, 1.807) is 11.1 Å². The van der Waals surface area contributed by atoms with Crippen molar-refractivity contribution in [1.82, 2.24) is 0 Å². The number of benzene rings is 2. The molecule has 33 heavy (non-hydrogen) atoms. The summed E-state index contributed by atoms with van der Waals surface area (Å²) in [6.45, 7) is 0. The second kappa shape index (κ2) is 11.7. The van der Waals surface area contributed by atoms with Crippen LogP contribution in [0.4, 0.5) is 0 Å². The molecule has 2 atom stereocenters. The number of fused-ring (bicyclic) bond motifs is 4. The van der Waals surface area contributed by atoms with Gasteiger partial charge >= 0.3 is 37.9 Å². The predicted molar refractivity (Wildman–Crippen MR) is 142 cm³/mol. The molecule has 0 bridgehead atoms. The Balaban J connectivity index is 0.000000583. The van der Waals surface area contributed by atoms with E-state index >= 15 is 0 Å². The molecule has 166 valence electrons. The fourth-order valence-corrected chi connectivity index (χ4v) is 5.42. The Bertz CT molecular complexity index is 1280. The van der Waals surface area contributed by atoms with Gasteiger partial charge in [0, 0.05) is 11.8 Å². The average molecular weight is 551 g/mol. The fourth-order valence-electron chi connectivity index (χ4n) is 5.42. The van der Waals surface area contributed by atoms with E-state index in [1.165, 1.54) is 32.0 Å². The second-order valence-corrected chi connectivity index (χ2v) is 11.8. The quantitative estimate of drug-likeness (QED) is 0.439. The van der Waals surface area contributed by atoms with Gasteiger partial charge in [-0.15, -0.1) is 0 Å². The molecular formula is C30H28Cl2Zr. The van der Waals surface area contributed by atoms with E-state index in [0.717, 1.165) is 12.8 Å². The molecule has 3 heteroatoms. The number of hydrogen-bond donors (Lipinski definition) is 0. The van der Waals surface area contributed by atoms with Crippen molar-refractivity contribution in [2.75, 3.05) is 0 Å². The molecule has 0 amide bonds. The van der Waals surface area contributed by atoms with Gasteiger partial charge in [0.05, 0.1) is 0 Å². The van der Waals surface area contributed by atoms with E-state index in [2.05, 4.69) is 97.1 Å². The van der Waals surface area contributed by atoms with Crippen LogP contribution in [0.2, 0.25) is 0 Å². The van der Waals surface area contributed by atoms with E-state index in [-0.39, 0.29) is 14.9 Å². The standard InChI is InChI=1S/C28H22.2CH3.2ClH.Zr/c1-5-13-23-19(9-1)20-10-2-6-14-24(20)27(23)17-18-28-25-15-7-3-11-21(25)22-12-4-8-16-26(22)28;;;;;/h1-16,23,25H,17-18H2;2*1H3;2*1H;/q;2*-1;;;+4/p-2. The minimum atomic E-state index is -0.826. The third-order valence-corrected chi connectivity index (χ3v) is 6.63. The Morgan fingerprint density at radius 1 is 0.576 bits per heavy atom. The normalized spacial score (nSPS) is 19.9. The van der Waals surface area contributed by atoms with E-state index in [9.17, 15) is 0 Å². The van der Waals surface area contributed by atoms with Gasteiger partial charge < -0.3 is 14.9 Å². The molecule has 4 aliphatic rings. The van der Waals surface area contributed by atoms with Gasteiger partial charge in [-0.2, -0.15) is 0 Å². The molecule has 0 aromatic heterocycles. The second-order valence-electron chi connectivity index (χ2n) is 8.07. The van der Waals surface area contributed by atoms with Crippen molar-refractivity contribution in [3.05, 3.63) is 133 Å². The molecule has 2 aromatic carbocycles. The van der Waals surface area contributed by atoms with Crippen LogP contribution in [0.1, 0.15) is 12.8 Å². The Morgan fingerprint density at radius 2 is 0.939 bits per heavy atom. The zero-order chi connectivity index (χ0) is 21.2. The van der Waals surface area contributed by atoms with E-state index in [4.69, 9.17) is 17.0 Å². The molecule has 0 nitrogen and oxygen atoms in total. The average Bonchev–Trinajstić information content (AvgIpc) is 3.31. The molecule has 0 radical (unpaired) electrons. The van der Waals surface area contributed by atoms with Crippen LogP contribution in [0.15, 0.2) is 97.1 Å². The molecule has 6 rings (SSSR count). The van der Waals surface area contributed by atoms with Crippen LogP contribution in [-0.2, 0) is 20.8 Å². The number of hydrogen-bond acceptors (Lipinski definition) is 0. The van der Waals surface area contributed by atoms with Gasteiger partial charge in [-0.1, -0.05) is 108 Å². The Morgan fingerprint density at radius 3 is 1.33 bits per heavy atom. The molecule has 4 aliphatic carbocycles. The Hall–Kier alpha value is -1.66. The van der Waals surface area contributed by atoms with Gasteiger partial charge in [-0.05, 0) is 44.9 Å². The zero-order valence-corrected chi connectivity index (χ0v) is 23.0. The first-order valence-corrected chi connectivity index (χ1v) is 17.0. The molecule has 0 heterocycles. The molecule has 0 aliphatic heterocycles. The summed E-state index contributed by atoms with van der Waals surface area (Å²) in [5.74, 6) is 0.898. The first kappa shape index (κ1) is 26.0. The van der Waals surface area contributed by atoms with Crippen LogP contribution in [0.5, 0.6) is 0 Å². The molecule has 2 aromatic rings. The van der Waals surface area contributed by atoms with Crippen molar-refractivity contribution < 1.29 is 20.8 Å². The van der Waals surface area contributed by atoms with E-state index in [1.807, 2.05) is 0 Å². The van der Waals surface area contributed by atoms with Crippen molar-refractivity contribution in [2.45, 2.75) is 12.8 Å². The van der Waals surface area contributed by atoms with Gasteiger partial charge in [-0.25, -0.2) is 0 Å². The van der Waals surface area contributed by atoms with Gasteiger partial charge in [-0.3, -0.25) is 0 Å². The van der Waals surface area contributed by atoms with Crippen LogP contribution in [-0.4, -0.2) is 0 Å². The van der Waals surface area contributed by atoms with Crippen LogP contribution in [0.3, 0.4) is 0 Å². The Labute approximate surface area is 216 Å². The van der Waals surface area contributed by atoms with Crippen molar-refractivity contribution in [3.8, 4) is 0 Å². The maximum absolute atomic E-state index is 4.93. The third kappa shape index (κ3) is 4.79. The maximum atomic E-state index is 4.93. The van der Waals surface area contributed by atoms with Gasteiger partial charge in [0.25, 0.3) is 0 Å². The fraction of sp³-hybridized carbons (Fsp3) is 0.133. The summed E-state index contributed by atoms with van der Waals surface area (Å²) >= 11 is -0.826. The summed E-state index contributed by atoms with van der Waals surface area (Å²) < 4.78 is 0. The first-order valence-electron chi connectivity index (χ1n) is 10.6. The van der Waals surface area contributed by atoms with Gasteiger partial charge in [0.15, 0.2) is 0 Å². The van der Waals surface area contributed by atoms with Crippen LogP contribution in [0.25, 0.3) is 22.3 Å². The monoisotopic (exact) mass is 548 g/mol. The van der Waals surface area contributed by atoms with Crippen molar-refractivity contribution in [3.63, 3.8) is 0 Å². The molecule has 0 saturated heterocycles. The molecule has 0 spiro atoms. The summed E-state index contributed by atoms with van der Waals surface area (Å²) in [7, 11) is 9.87. The van der Waals surface area contributed by atoms with Crippen LogP contribution < -0.4 is 20.9 Å². The van der Waals surface area contributed by atoms with Crippen LogP contribution >= 0.6 is 17.0 Å². The SMILES string of the molecule is C1=CC2=c3ccccc3=C(CCC3=c4ccccc4=C4C=CC=CC43)C2C=C1.[CH3-].[CH3-].[Cl][Zr+2][Cl].